The largest absolute Gasteiger partial charge is 2.00 e. The summed E-state index contributed by atoms with van der Waals surface area (Å²) < 4.78 is 8.52. The van der Waals surface area contributed by atoms with Gasteiger partial charge in [0.1, 0.15) is 0 Å². The molecule has 4 radical (unpaired) electrons. The molecule has 0 rings (SSSR count). The Labute approximate surface area is 86.8 Å². The second-order valence-electron chi connectivity index (χ2n) is 0.250. The minimum atomic E-state index is -3.63. The quantitative estimate of drug-likeness (QED) is 0.432. The second kappa shape index (κ2) is 9.93. The van der Waals surface area contributed by atoms with Gasteiger partial charge in [0.2, 0.25) is 0 Å². The first-order valence-corrected chi connectivity index (χ1v) is 1.84. The molecule has 0 amide bonds. The van der Waals surface area contributed by atoms with Crippen molar-refractivity contribution in [2.75, 3.05) is 0 Å². The van der Waals surface area contributed by atoms with Crippen LogP contribution in [0.25, 0.3) is 0 Å². The summed E-state index contributed by atoms with van der Waals surface area (Å²) in [6, 6.07) is 0. The fourth-order valence-corrected chi connectivity index (χ4v) is 0. The van der Waals surface area contributed by atoms with E-state index in [1.807, 2.05) is 0 Å². The Morgan fingerprint density at radius 1 is 1.33 bits per heavy atom. The molecule has 0 fully saturated rings. The molecule has 28 valence electrons. The van der Waals surface area contributed by atoms with E-state index in [0.29, 0.717) is 0 Å². The minimum absolute atomic E-state index is 0. The van der Waals surface area contributed by atoms with E-state index in [0.717, 1.165) is 0 Å². The van der Waals surface area contributed by atoms with Gasteiger partial charge in [0.05, 0.1) is 0 Å². The SMILES string of the molecule is O=[Si]([O-])[O-].[Ca+2].[Pb]. The maximum Gasteiger partial charge on any atom is 2.00 e. The third-order valence-electron chi connectivity index (χ3n) is 0. The monoisotopic (exact) mass is 324 g/mol. The van der Waals surface area contributed by atoms with Gasteiger partial charge in [-0.25, -0.2) is 0 Å². The van der Waals surface area contributed by atoms with Crippen LogP contribution in [0, 0.1) is 0 Å². The van der Waals surface area contributed by atoms with Crippen LogP contribution in [-0.4, -0.2) is 74.2 Å². The van der Waals surface area contributed by atoms with E-state index in [1.54, 1.807) is 0 Å². The van der Waals surface area contributed by atoms with Gasteiger partial charge in [-0.1, -0.05) is 0 Å². The number of rotatable bonds is 0. The second-order valence-corrected chi connectivity index (χ2v) is 0.750. The molecule has 0 aliphatic rings. The molecule has 0 aromatic rings. The molecule has 0 aliphatic carbocycles. The van der Waals surface area contributed by atoms with Crippen molar-refractivity contribution in [3.8, 4) is 0 Å². The summed E-state index contributed by atoms with van der Waals surface area (Å²) in [5, 5.41) is 0. The summed E-state index contributed by atoms with van der Waals surface area (Å²) >= 11 is 0. The fourth-order valence-electron chi connectivity index (χ4n) is 0. The molecule has 0 aromatic carbocycles. The molecule has 6 heavy (non-hydrogen) atoms. The van der Waals surface area contributed by atoms with Crippen molar-refractivity contribution < 1.29 is 14.1 Å². The van der Waals surface area contributed by atoms with Crippen LogP contribution in [-0.2, 0) is 4.46 Å². The molecule has 0 unspecified atom stereocenters. The summed E-state index contributed by atoms with van der Waals surface area (Å²) in [6.07, 6.45) is 0. The maximum atomic E-state index is 8.52. The molecule has 6 heteroatoms. The normalized spacial score (nSPS) is 4.00. The zero-order valence-corrected chi connectivity index (χ0v) is 10.0. The van der Waals surface area contributed by atoms with E-state index >= 15 is 0 Å². The van der Waals surface area contributed by atoms with Gasteiger partial charge >= 0.3 is 37.7 Å². The van der Waals surface area contributed by atoms with Crippen LogP contribution >= 0.6 is 0 Å². The van der Waals surface area contributed by atoms with Gasteiger partial charge in [-0.05, 0) is 0 Å². The van der Waals surface area contributed by atoms with Gasteiger partial charge in [-0.15, -0.1) is 0 Å². The minimum Gasteiger partial charge on any atom is -0.672 e. The Kier molecular flexibility index (Phi) is 25.9. The van der Waals surface area contributed by atoms with Crippen molar-refractivity contribution in [1.29, 1.82) is 0 Å². The number of hydrogen-bond acceptors (Lipinski definition) is 3. The smallest absolute Gasteiger partial charge is 0.672 e. The predicted octanol–water partition coefficient (Wildman–Crippen LogP) is -3.64. The van der Waals surface area contributed by atoms with E-state index in [2.05, 4.69) is 0 Å². The van der Waals surface area contributed by atoms with Gasteiger partial charge in [0, 0.05) is 36.5 Å². The van der Waals surface area contributed by atoms with Crippen molar-refractivity contribution in [1.82, 2.24) is 0 Å². The molecule has 3 nitrogen and oxygen atoms in total. The third-order valence-corrected chi connectivity index (χ3v) is 0. The standard InChI is InChI=1S/Ca.O3Si.Pb/c;1-4(2)3;/q+2;-2;. The molecule has 0 N–H and O–H groups in total. The summed E-state index contributed by atoms with van der Waals surface area (Å²) in [6.45, 7) is 0. The van der Waals surface area contributed by atoms with Gasteiger partial charge in [0.25, 0.3) is 0 Å². The summed E-state index contributed by atoms with van der Waals surface area (Å²) in [4.78, 5) is 17.0. The summed E-state index contributed by atoms with van der Waals surface area (Å²) in [5.74, 6) is 0. The Balaban J connectivity index is -0.0000000450. The molecular weight excluding hydrogens is 323 g/mol. The Morgan fingerprint density at radius 3 is 1.33 bits per heavy atom. The van der Waals surface area contributed by atoms with Crippen LogP contribution in [0.15, 0.2) is 0 Å². The molecular formula is CaO3PbSi. The Hall–Kier alpha value is 1.80. The van der Waals surface area contributed by atoms with E-state index in [9.17, 15) is 0 Å². The van der Waals surface area contributed by atoms with Crippen LogP contribution < -0.4 is 9.59 Å². The molecule has 0 bridgehead atoms. The van der Waals surface area contributed by atoms with Crippen molar-refractivity contribution in [2.24, 2.45) is 0 Å². The van der Waals surface area contributed by atoms with Crippen LogP contribution in [0.1, 0.15) is 0 Å². The molecule has 0 saturated heterocycles. The maximum absolute atomic E-state index is 8.52. The van der Waals surface area contributed by atoms with Crippen molar-refractivity contribution in [3.63, 3.8) is 0 Å². The zero-order valence-electron chi connectivity index (χ0n) is 2.93. The van der Waals surface area contributed by atoms with Crippen molar-refractivity contribution in [3.05, 3.63) is 0 Å². The molecule has 0 aromatic heterocycles. The van der Waals surface area contributed by atoms with Gasteiger partial charge < -0.3 is 14.1 Å². The van der Waals surface area contributed by atoms with E-state index in [1.165, 1.54) is 0 Å². The third kappa shape index (κ3) is 41.3. The van der Waals surface area contributed by atoms with Gasteiger partial charge in [-0.2, -0.15) is 0 Å². The zero-order chi connectivity index (χ0) is 3.58. The number of hydrogen-bond donors (Lipinski definition) is 0. The van der Waals surface area contributed by atoms with E-state index in [-0.39, 0.29) is 65.0 Å². The first-order chi connectivity index (χ1) is 1.73. The molecule has 0 heterocycles. The summed E-state index contributed by atoms with van der Waals surface area (Å²) in [7, 11) is -3.63. The van der Waals surface area contributed by atoms with Gasteiger partial charge in [-0.3, -0.25) is 0 Å². The van der Waals surface area contributed by atoms with Crippen LogP contribution in [0.4, 0.5) is 0 Å². The van der Waals surface area contributed by atoms with E-state index < -0.39 is 9.17 Å². The Morgan fingerprint density at radius 2 is 1.33 bits per heavy atom. The average Bonchev–Trinajstić information content (AvgIpc) is 0.811. The molecule has 0 spiro atoms. The predicted molar refractivity (Wildman–Crippen MR) is 17.9 cm³/mol. The average molecular weight is 323 g/mol. The van der Waals surface area contributed by atoms with E-state index in [4.69, 9.17) is 14.1 Å². The molecule has 0 saturated carbocycles. The first-order valence-electron chi connectivity index (χ1n) is 0.612. The molecule has 0 aliphatic heterocycles. The van der Waals surface area contributed by atoms with Crippen LogP contribution in [0.3, 0.4) is 0 Å². The summed E-state index contributed by atoms with van der Waals surface area (Å²) in [5.41, 5.74) is 0. The topological polar surface area (TPSA) is 63.2 Å². The van der Waals surface area contributed by atoms with Gasteiger partial charge in [0.15, 0.2) is 0 Å². The van der Waals surface area contributed by atoms with Crippen LogP contribution in [0.2, 0.25) is 0 Å². The first kappa shape index (κ1) is 15.7. The Bertz CT molecular complexity index is 33.8. The molecule has 0 atom stereocenters. The van der Waals surface area contributed by atoms with Crippen LogP contribution in [0.5, 0.6) is 0 Å². The van der Waals surface area contributed by atoms with Crippen molar-refractivity contribution in [2.45, 2.75) is 0 Å². The fraction of sp³-hybridized carbons (Fsp3) is 0. The van der Waals surface area contributed by atoms with Crippen molar-refractivity contribution >= 4 is 74.2 Å².